The summed E-state index contributed by atoms with van der Waals surface area (Å²) in [5.74, 6) is 1.52. The third-order valence-electron chi connectivity index (χ3n) is 5.36. The highest BCUT2D eigenvalue weighted by molar-refractivity contribution is 5.79. The molecule has 6 heteroatoms. The second-order valence-corrected chi connectivity index (χ2v) is 7.14. The minimum absolute atomic E-state index is 0.0911. The molecule has 2 aliphatic heterocycles. The van der Waals surface area contributed by atoms with Gasteiger partial charge >= 0.3 is 6.09 Å². The molecule has 2 unspecified atom stereocenters. The Morgan fingerprint density at radius 1 is 1.03 bits per heavy atom. The quantitative estimate of drug-likeness (QED) is 0.769. The van der Waals surface area contributed by atoms with Crippen LogP contribution < -0.4 is 9.47 Å². The van der Waals surface area contributed by atoms with Gasteiger partial charge in [0.1, 0.15) is 18.1 Å². The number of carbonyl (C=O) groups excluding carboxylic acids is 1. The van der Waals surface area contributed by atoms with Crippen molar-refractivity contribution in [1.29, 1.82) is 0 Å². The van der Waals surface area contributed by atoms with Crippen molar-refractivity contribution in [1.82, 2.24) is 4.90 Å². The Morgan fingerprint density at radius 3 is 2.41 bits per heavy atom. The SMILES string of the molecule is COc1cccc(OC)c1C1=CC2COCC(C1)N2C(=O)OCc1ccccc1. The summed E-state index contributed by atoms with van der Waals surface area (Å²) >= 11 is 0. The maximum Gasteiger partial charge on any atom is 0.411 e. The normalized spacial score (nSPS) is 20.6. The van der Waals surface area contributed by atoms with Crippen LogP contribution in [0.3, 0.4) is 0 Å². The van der Waals surface area contributed by atoms with Crippen molar-refractivity contribution in [3.8, 4) is 11.5 Å². The van der Waals surface area contributed by atoms with Gasteiger partial charge in [-0.25, -0.2) is 4.79 Å². The molecule has 1 amide bonds. The molecule has 0 radical (unpaired) electrons. The summed E-state index contributed by atoms with van der Waals surface area (Å²) in [4.78, 5) is 14.6. The van der Waals surface area contributed by atoms with Crippen LogP contribution in [0.4, 0.5) is 4.79 Å². The summed E-state index contributed by atoms with van der Waals surface area (Å²) < 4.78 is 22.4. The molecule has 2 atom stereocenters. The molecular weight excluding hydrogens is 370 g/mol. The van der Waals surface area contributed by atoms with Crippen LogP contribution in [0, 0.1) is 0 Å². The number of ether oxygens (including phenoxy) is 4. The van der Waals surface area contributed by atoms with Gasteiger partial charge in [0.05, 0.1) is 45.1 Å². The molecule has 2 heterocycles. The monoisotopic (exact) mass is 395 g/mol. The molecule has 29 heavy (non-hydrogen) atoms. The highest BCUT2D eigenvalue weighted by Gasteiger charge is 2.40. The number of fused-ring (bicyclic) bond motifs is 2. The highest BCUT2D eigenvalue weighted by atomic mass is 16.6. The Morgan fingerprint density at radius 2 is 1.76 bits per heavy atom. The molecule has 0 aliphatic carbocycles. The van der Waals surface area contributed by atoms with Crippen LogP contribution in [0.25, 0.3) is 5.57 Å². The van der Waals surface area contributed by atoms with Crippen LogP contribution in [0.2, 0.25) is 0 Å². The fourth-order valence-corrected chi connectivity index (χ4v) is 4.03. The van der Waals surface area contributed by atoms with Gasteiger partial charge in [0, 0.05) is 0 Å². The zero-order valence-electron chi connectivity index (χ0n) is 16.7. The number of amides is 1. The van der Waals surface area contributed by atoms with Crippen molar-refractivity contribution in [3.05, 3.63) is 65.7 Å². The van der Waals surface area contributed by atoms with Crippen LogP contribution in [0.1, 0.15) is 17.5 Å². The van der Waals surface area contributed by atoms with Crippen molar-refractivity contribution in [2.24, 2.45) is 0 Å². The highest BCUT2D eigenvalue weighted by Crippen LogP contribution is 2.41. The standard InChI is InChI=1S/C23H25NO5/c1-26-20-9-6-10-21(27-2)22(20)17-11-18-14-28-15-19(12-17)24(18)23(25)29-13-16-7-4-3-5-8-16/h3-11,18-19H,12-15H2,1-2H3. The van der Waals surface area contributed by atoms with Crippen molar-refractivity contribution >= 4 is 11.7 Å². The minimum atomic E-state index is -0.311. The van der Waals surface area contributed by atoms with E-state index in [2.05, 4.69) is 6.08 Å². The third-order valence-corrected chi connectivity index (χ3v) is 5.36. The average molecular weight is 395 g/mol. The fraction of sp³-hybridized carbons (Fsp3) is 0.348. The van der Waals surface area contributed by atoms with E-state index in [-0.39, 0.29) is 24.8 Å². The van der Waals surface area contributed by atoms with E-state index < -0.39 is 0 Å². The summed E-state index contributed by atoms with van der Waals surface area (Å²) in [6.45, 7) is 1.18. The molecule has 0 saturated carbocycles. The summed E-state index contributed by atoms with van der Waals surface area (Å²) in [5, 5.41) is 0. The van der Waals surface area contributed by atoms with Crippen molar-refractivity contribution in [3.63, 3.8) is 0 Å². The van der Waals surface area contributed by atoms with E-state index in [1.165, 1.54) is 0 Å². The van der Waals surface area contributed by atoms with Gasteiger partial charge in [-0.1, -0.05) is 42.5 Å². The van der Waals surface area contributed by atoms with Crippen molar-refractivity contribution in [2.75, 3.05) is 27.4 Å². The lowest BCUT2D eigenvalue weighted by atomic mass is 9.89. The third kappa shape index (κ3) is 3.93. The van der Waals surface area contributed by atoms with E-state index in [1.54, 1.807) is 19.1 Å². The number of benzene rings is 2. The van der Waals surface area contributed by atoms with Crippen LogP contribution in [0.5, 0.6) is 11.5 Å². The summed E-state index contributed by atoms with van der Waals surface area (Å²) in [5.41, 5.74) is 3.01. The summed E-state index contributed by atoms with van der Waals surface area (Å²) in [7, 11) is 3.30. The largest absolute Gasteiger partial charge is 0.496 e. The first-order chi connectivity index (χ1) is 14.2. The number of methoxy groups -OCH3 is 2. The number of hydrogen-bond acceptors (Lipinski definition) is 5. The number of hydrogen-bond donors (Lipinski definition) is 0. The lowest BCUT2D eigenvalue weighted by Crippen LogP contribution is -2.56. The van der Waals surface area contributed by atoms with Gasteiger partial charge in [-0.3, -0.25) is 4.90 Å². The molecule has 0 N–H and O–H groups in total. The molecule has 2 aromatic carbocycles. The Bertz CT molecular complexity index is 873. The zero-order valence-corrected chi connectivity index (χ0v) is 16.7. The van der Waals surface area contributed by atoms with Gasteiger partial charge in [0.25, 0.3) is 0 Å². The van der Waals surface area contributed by atoms with E-state index in [4.69, 9.17) is 18.9 Å². The van der Waals surface area contributed by atoms with Gasteiger partial charge in [0.15, 0.2) is 0 Å². The van der Waals surface area contributed by atoms with Gasteiger partial charge in [0.2, 0.25) is 0 Å². The lowest BCUT2D eigenvalue weighted by molar-refractivity contribution is -0.0342. The van der Waals surface area contributed by atoms with E-state index in [9.17, 15) is 4.79 Å². The molecule has 1 fully saturated rings. The second-order valence-electron chi connectivity index (χ2n) is 7.14. The molecule has 4 rings (SSSR count). The molecule has 0 aromatic heterocycles. The van der Waals surface area contributed by atoms with E-state index >= 15 is 0 Å². The molecular formula is C23H25NO5. The predicted octanol–water partition coefficient (Wildman–Crippen LogP) is 3.90. The van der Waals surface area contributed by atoms with E-state index in [1.807, 2.05) is 48.5 Å². The molecule has 2 aliphatic rings. The maximum absolute atomic E-state index is 12.8. The molecule has 6 nitrogen and oxygen atoms in total. The summed E-state index contributed by atoms with van der Waals surface area (Å²) in [6.07, 6.45) is 2.41. The minimum Gasteiger partial charge on any atom is -0.496 e. The molecule has 1 saturated heterocycles. The average Bonchev–Trinajstić information content (AvgIpc) is 2.76. The number of morpholine rings is 1. The van der Waals surface area contributed by atoms with Crippen LogP contribution >= 0.6 is 0 Å². The van der Waals surface area contributed by atoms with Crippen LogP contribution in [-0.4, -0.2) is 50.5 Å². The lowest BCUT2D eigenvalue weighted by Gasteiger charge is -2.44. The first-order valence-corrected chi connectivity index (χ1v) is 9.70. The zero-order chi connectivity index (χ0) is 20.2. The first-order valence-electron chi connectivity index (χ1n) is 9.70. The van der Waals surface area contributed by atoms with Gasteiger partial charge < -0.3 is 18.9 Å². The Labute approximate surface area is 170 Å². The van der Waals surface area contributed by atoms with Crippen molar-refractivity contribution in [2.45, 2.75) is 25.1 Å². The Balaban J connectivity index is 1.57. The number of nitrogens with zero attached hydrogens (tertiary/aromatic N) is 1. The van der Waals surface area contributed by atoms with Gasteiger partial charge in [-0.15, -0.1) is 0 Å². The second kappa shape index (κ2) is 8.57. The molecule has 152 valence electrons. The molecule has 0 spiro atoms. The predicted molar refractivity (Wildman–Crippen MR) is 109 cm³/mol. The van der Waals surface area contributed by atoms with Gasteiger partial charge in [-0.2, -0.15) is 0 Å². The topological polar surface area (TPSA) is 57.2 Å². The molecule has 2 bridgehead atoms. The van der Waals surface area contributed by atoms with Crippen molar-refractivity contribution < 1.29 is 23.7 Å². The fourth-order valence-electron chi connectivity index (χ4n) is 4.03. The van der Waals surface area contributed by atoms with Crippen LogP contribution in [0.15, 0.2) is 54.6 Å². The van der Waals surface area contributed by atoms with Gasteiger partial charge in [-0.05, 0) is 29.7 Å². The summed E-state index contributed by atoms with van der Waals surface area (Å²) in [6, 6.07) is 15.2. The van der Waals surface area contributed by atoms with Crippen LogP contribution in [-0.2, 0) is 16.1 Å². The Kier molecular flexibility index (Phi) is 5.71. The molecule has 2 aromatic rings. The van der Waals surface area contributed by atoms with E-state index in [0.29, 0.717) is 19.6 Å². The van der Waals surface area contributed by atoms with E-state index in [0.717, 1.165) is 28.2 Å². The Hall–Kier alpha value is -2.99. The maximum atomic E-state index is 12.8. The number of carbonyl (C=O) groups is 1. The smallest absolute Gasteiger partial charge is 0.411 e. The number of rotatable bonds is 5. The first kappa shape index (κ1) is 19.3.